The molecule has 1 saturated carbocycles. The van der Waals surface area contributed by atoms with Crippen LogP contribution in [0.5, 0.6) is 0 Å². The van der Waals surface area contributed by atoms with E-state index >= 15 is 0 Å². The van der Waals surface area contributed by atoms with Crippen molar-refractivity contribution in [3.8, 4) is 0 Å². The monoisotopic (exact) mass is 537 g/mol. The van der Waals surface area contributed by atoms with E-state index in [0.717, 1.165) is 68.6 Å². The molecule has 8 heteroatoms. The van der Waals surface area contributed by atoms with E-state index in [-0.39, 0.29) is 29.7 Å². The number of nitrogens with zero attached hydrogens (tertiary/aromatic N) is 3. The molecule has 4 rings (SSSR count). The molecule has 2 fully saturated rings. The Morgan fingerprint density at radius 3 is 2.31 bits per heavy atom. The minimum absolute atomic E-state index is 0.0367. The molecular weight excluding hydrogens is 493 g/mol. The summed E-state index contributed by atoms with van der Waals surface area (Å²) in [5.74, 6) is -0.552. The van der Waals surface area contributed by atoms with E-state index in [1.165, 1.54) is 18.6 Å². The number of carbonyl (C=O) groups excluding carboxylic acids is 2. The van der Waals surface area contributed by atoms with Gasteiger partial charge in [0.25, 0.3) is 0 Å². The van der Waals surface area contributed by atoms with Gasteiger partial charge in [-0.25, -0.2) is 9.18 Å². The molecule has 0 atom stereocenters. The number of halogens is 1. The predicted octanol–water partition coefficient (Wildman–Crippen LogP) is 6.32. The van der Waals surface area contributed by atoms with Crippen molar-refractivity contribution >= 4 is 29.0 Å². The third kappa shape index (κ3) is 7.72. The molecular formula is C31H44FN5O2. The van der Waals surface area contributed by atoms with Gasteiger partial charge in [-0.15, -0.1) is 0 Å². The summed E-state index contributed by atoms with van der Waals surface area (Å²) in [6.07, 6.45) is 7.38. The molecule has 39 heavy (non-hydrogen) atoms. The van der Waals surface area contributed by atoms with Crippen molar-refractivity contribution in [2.24, 2.45) is 5.92 Å². The molecule has 3 amide bonds. The maximum atomic E-state index is 13.9. The van der Waals surface area contributed by atoms with Crippen molar-refractivity contribution in [2.45, 2.75) is 77.4 Å². The van der Waals surface area contributed by atoms with E-state index < -0.39 is 0 Å². The van der Waals surface area contributed by atoms with Gasteiger partial charge in [-0.2, -0.15) is 0 Å². The van der Waals surface area contributed by atoms with Crippen molar-refractivity contribution in [2.75, 3.05) is 42.7 Å². The molecule has 0 spiro atoms. The lowest BCUT2D eigenvalue weighted by atomic mass is 9.93. The van der Waals surface area contributed by atoms with Gasteiger partial charge in [0.05, 0.1) is 0 Å². The molecule has 1 saturated heterocycles. The Labute approximate surface area is 232 Å². The number of urea groups is 1. The number of anilines is 3. The van der Waals surface area contributed by atoms with Gasteiger partial charge in [0.2, 0.25) is 5.91 Å². The minimum atomic E-state index is -0.382. The number of nitrogens with one attached hydrogen (secondary N) is 2. The highest BCUT2D eigenvalue weighted by molar-refractivity contribution is 5.92. The SMILES string of the molecule is CC(C)C(=O)Nc1ccc(N(C)C2CCN(C)CC2)c(CN(C(=O)Nc2cccc(F)c2)C2CCCCC2)c1. The maximum Gasteiger partial charge on any atom is 0.322 e. The lowest BCUT2D eigenvalue weighted by Crippen LogP contribution is -2.44. The van der Waals surface area contributed by atoms with Crippen molar-refractivity contribution in [1.29, 1.82) is 0 Å². The van der Waals surface area contributed by atoms with Crippen LogP contribution in [0.4, 0.5) is 26.2 Å². The molecule has 1 heterocycles. The highest BCUT2D eigenvalue weighted by Crippen LogP contribution is 2.32. The molecule has 0 aromatic heterocycles. The van der Waals surface area contributed by atoms with Gasteiger partial charge >= 0.3 is 6.03 Å². The van der Waals surface area contributed by atoms with Gasteiger partial charge in [0.15, 0.2) is 0 Å². The first-order valence-corrected chi connectivity index (χ1v) is 14.4. The molecule has 2 N–H and O–H groups in total. The van der Waals surface area contributed by atoms with Crippen LogP contribution < -0.4 is 15.5 Å². The summed E-state index contributed by atoms with van der Waals surface area (Å²) >= 11 is 0. The number of rotatable bonds is 8. The molecule has 212 valence electrons. The predicted molar refractivity (Wildman–Crippen MR) is 157 cm³/mol. The van der Waals surface area contributed by atoms with E-state index in [1.807, 2.05) is 30.9 Å². The van der Waals surface area contributed by atoms with Crippen molar-refractivity contribution in [3.05, 3.63) is 53.8 Å². The summed E-state index contributed by atoms with van der Waals surface area (Å²) in [5, 5.41) is 5.97. The van der Waals surface area contributed by atoms with Crippen molar-refractivity contribution < 1.29 is 14.0 Å². The standard InChI is InChI=1S/C31H44FN5O2/c1-22(2)30(38)33-26-13-14-29(36(4)27-15-17-35(3)18-16-27)23(19-26)21-37(28-11-6-5-7-12-28)31(39)34-25-10-8-9-24(32)20-25/h8-10,13-14,19-20,22,27-28H,5-7,11-12,15-18,21H2,1-4H3,(H,33,38)(H,34,39). The topological polar surface area (TPSA) is 67.9 Å². The number of likely N-dealkylation sites (tertiary alicyclic amines) is 1. The Morgan fingerprint density at radius 1 is 0.949 bits per heavy atom. The highest BCUT2D eigenvalue weighted by Gasteiger charge is 2.29. The van der Waals surface area contributed by atoms with Crippen LogP contribution in [-0.4, -0.2) is 61.0 Å². The van der Waals surface area contributed by atoms with Crippen LogP contribution in [0.15, 0.2) is 42.5 Å². The summed E-state index contributed by atoms with van der Waals surface area (Å²) in [6.45, 7) is 6.26. The molecule has 0 bridgehead atoms. The van der Waals surface area contributed by atoms with E-state index in [2.05, 4.69) is 40.6 Å². The first-order valence-electron chi connectivity index (χ1n) is 14.4. The molecule has 0 radical (unpaired) electrons. The Balaban J connectivity index is 1.65. The molecule has 2 aromatic rings. The molecule has 7 nitrogen and oxygen atoms in total. The highest BCUT2D eigenvalue weighted by atomic mass is 19.1. The number of carbonyl (C=O) groups is 2. The zero-order valence-electron chi connectivity index (χ0n) is 23.9. The van der Waals surface area contributed by atoms with E-state index in [9.17, 15) is 14.0 Å². The third-order valence-electron chi connectivity index (χ3n) is 8.18. The fraction of sp³-hybridized carbons (Fsp3) is 0.548. The van der Waals surface area contributed by atoms with Gasteiger partial charge in [-0.05, 0) is 87.8 Å². The normalized spacial score (nSPS) is 17.2. The summed E-state index contributed by atoms with van der Waals surface area (Å²) in [4.78, 5) is 32.8. The smallest absolute Gasteiger partial charge is 0.322 e. The van der Waals surface area contributed by atoms with Crippen molar-refractivity contribution in [3.63, 3.8) is 0 Å². The third-order valence-corrected chi connectivity index (χ3v) is 8.18. The van der Waals surface area contributed by atoms with Crippen LogP contribution >= 0.6 is 0 Å². The van der Waals surface area contributed by atoms with Gasteiger partial charge in [-0.1, -0.05) is 39.2 Å². The number of benzene rings is 2. The maximum absolute atomic E-state index is 13.9. The van der Waals surface area contributed by atoms with Crippen LogP contribution in [0.25, 0.3) is 0 Å². The summed E-state index contributed by atoms with van der Waals surface area (Å²) in [5.41, 5.74) is 3.25. The zero-order valence-corrected chi connectivity index (χ0v) is 23.9. The lowest BCUT2D eigenvalue weighted by Gasteiger charge is -2.39. The van der Waals surface area contributed by atoms with Crippen LogP contribution in [0.3, 0.4) is 0 Å². The summed E-state index contributed by atoms with van der Waals surface area (Å²) in [6, 6.07) is 12.4. The lowest BCUT2D eigenvalue weighted by molar-refractivity contribution is -0.118. The Bertz CT molecular complexity index is 1130. The second-order valence-corrected chi connectivity index (χ2v) is 11.5. The number of hydrogen-bond donors (Lipinski definition) is 2. The second-order valence-electron chi connectivity index (χ2n) is 11.5. The van der Waals surface area contributed by atoms with Crippen LogP contribution in [-0.2, 0) is 11.3 Å². The Kier molecular flexibility index (Phi) is 9.83. The minimum Gasteiger partial charge on any atom is -0.371 e. The van der Waals surface area contributed by atoms with E-state index in [4.69, 9.17) is 0 Å². The van der Waals surface area contributed by atoms with Crippen LogP contribution in [0.1, 0.15) is 64.4 Å². The molecule has 2 aromatic carbocycles. The fourth-order valence-electron chi connectivity index (χ4n) is 5.70. The van der Waals surface area contributed by atoms with Gasteiger partial charge in [-0.3, -0.25) is 4.79 Å². The molecule has 2 aliphatic rings. The first-order chi connectivity index (χ1) is 18.7. The van der Waals surface area contributed by atoms with Crippen molar-refractivity contribution in [1.82, 2.24) is 9.80 Å². The van der Waals surface area contributed by atoms with E-state index in [0.29, 0.717) is 18.3 Å². The average molecular weight is 538 g/mol. The number of amides is 3. The summed E-state index contributed by atoms with van der Waals surface area (Å²) < 4.78 is 13.9. The van der Waals surface area contributed by atoms with Gasteiger partial charge in [0, 0.05) is 48.7 Å². The average Bonchev–Trinajstić information content (AvgIpc) is 2.92. The number of hydrogen-bond acceptors (Lipinski definition) is 4. The van der Waals surface area contributed by atoms with Gasteiger partial charge < -0.3 is 25.3 Å². The molecule has 1 aliphatic heterocycles. The largest absolute Gasteiger partial charge is 0.371 e. The second kappa shape index (κ2) is 13.3. The summed E-state index contributed by atoms with van der Waals surface area (Å²) in [7, 11) is 4.30. The van der Waals surface area contributed by atoms with Crippen LogP contribution in [0.2, 0.25) is 0 Å². The Hall–Kier alpha value is -3.13. The Morgan fingerprint density at radius 2 is 1.64 bits per heavy atom. The fourth-order valence-corrected chi connectivity index (χ4v) is 5.70. The first kappa shape index (κ1) is 28.9. The number of piperidine rings is 1. The van der Waals surface area contributed by atoms with Crippen LogP contribution in [0, 0.1) is 11.7 Å². The molecule has 0 unspecified atom stereocenters. The molecule has 1 aliphatic carbocycles. The van der Waals surface area contributed by atoms with Gasteiger partial charge in [0.1, 0.15) is 5.82 Å². The zero-order chi connectivity index (χ0) is 27.9. The quantitative estimate of drug-likeness (QED) is 0.414. The van der Waals surface area contributed by atoms with E-state index in [1.54, 1.807) is 12.1 Å².